The molecule has 2 aromatic heterocycles. The molecule has 9 nitrogen and oxygen atoms in total. The van der Waals surface area contributed by atoms with Crippen molar-refractivity contribution in [1.82, 2.24) is 9.97 Å². The van der Waals surface area contributed by atoms with Gasteiger partial charge in [0.05, 0.1) is 34.7 Å². The first-order valence-electron chi connectivity index (χ1n) is 10.9. The third kappa shape index (κ3) is 3.67. The van der Waals surface area contributed by atoms with Crippen LogP contribution < -0.4 is 5.32 Å². The fourth-order valence-corrected chi connectivity index (χ4v) is 6.41. The smallest absolute Gasteiger partial charge is 0.409 e. The fourth-order valence-electron chi connectivity index (χ4n) is 4.64. The molecule has 0 fully saturated rings. The van der Waals surface area contributed by atoms with E-state index in [0.717, 1.165) is 22.5 Å². The van der Waals surface area contributed by atoms with Crippen LogP contribution in [0.5, 0.6) is 0 Å². The van der Waals surface area contributed by atoms with E-state index in [0.29, 0.717) is 40.6 Å². The van der Waals surface area contributed by atoms with Gasteiger partial charge in [-0.2, -0.15) is 5.26 Å². The first-order valence-corrected chi connectivity index (χ1v) is 13.4. The predicted octanol–water partition coefficient (Wildman–Crippen LogP) is 4.79. The number of anilines is 1. The Morgan fingerprint density at radius 3 is 2.83 bits per heavy atom. The van der Waals surface area contributed by atoms with Crippen molar-refractivity contribution in [2.24, 2.45) is 0 Å². The van der Waals surface area contributed by atoms with E-state index >= 15 is 0 Å². The van der Waals surface area contributed by atoms with E-state index in [1.54, 1.807) is 13.0 Å². The molecule has 1 amide bonds. The van der Waals surface area contributed by atoms with Gasteiger partial charge in [-0.1, -0.05) is 13.0 Å². The summed E-state index contributed by atoms with van der Waals surface area (Å²) in [5.74, 6) is -0.738. The number of sulfone groups is 1. The number of halogens is 1. The molecule has 0 bridgehead atoms. The quantitative estimate of drug-likeness (QED) is 0.362. The number of ether oxygens (including phenoxy) is 1. The maximum Gasteiger partial charge on any atom is 0.409 e. The molecular weight excluding hydrogens is 507 g/mol. The first kappa shape index (κ1) is 24.1. The fraction of sp³-hybridized carbons (Fsp3) is 0.250. The minimum Gasteiger partial charge on any atom is -0.465 e. The van der Waals surface area contributed by atoms with Gasteiger partial charge in [0.15, 0.2) is 0 Å². The maximum absolute atomic E-state index is 14.9. The van der Waals surface area contributed by atoms with Gasteiger partial charge < -0.3 is 9.84 Å². The van der Waals surface area contributed by atoms with Gasteiger partial charge in [0.1, 0.15) is 16.9 Å². The number of nitrogens with one attached hydrogen (secondary N) is 1. The summed E-state index contributed by atoms with van der Waals surface area (Å²) in [5, 5.41) is 22.0. The summed E-state index contributed by atoms with van der Waals surface area (Å²) in [4.78, 5) is 19.9. The average molecular weight is 527 g/mol. The molecular formula is C24H19FN4O5S2. The van der Waals surface area contributed by atoms with Gasteiger partial charge in [0.2, 0.25) is 15.0 Å². The number of amides is 1. The Balaban J connectivity index is 1.92. The monoisotopic (exact) mass is 526 g/mol. The summed E-state index contributed by atoms with van der Waals surface area (Å²) in [6.07, 6.45) is 0.688. The van der Waals surface area contributed by atoms with Crippen molar-refractivity contribution < 1.29 is 27.4 Å². The number of nitriles is 1. The molecule has 4 aromatic rings. The zero-order valence-electron chi connectivity index (χ0n) is 19.2. The zero-order valence-corrected chi connectivity index (χ0v) is 20.8. The van der Waals surface area contributed by atoms with Gasteiger partial charge in [-0.3, -0.25) is 5.32 Å². The lowest BCUT2D eigenvalue weighted by molar-refractivity contribution is 0.111. The van der Waals surface area contributed by atoms with E-state index in [-0.39, 0.29) is 38.2 Å². The van der Waals surface area contributed by atoms with Crippen molar-refractivity contribution in [1.29, 1.82) is 5.26 Å². The molecule has 0 spiro atoms. The molecule has 0 radical (unpaired) electrons. The number of thiophene rings is 1. The number of carbonyl (C=O) groups is 1. The van der Waals surface area contributed by atoms with Crippen LogP contribution in [0.2, 0.25) is 0 Å². The normalized spacial score (nSPS) is 13.5. The number of rotatable bonds is 4. The molecule has 0 saturated heterocycles. The topological polar surface area (TPSA) is 142 Å². The third-order valence-corrected chi connectivity index (χ3v) is 8.91. The van der Waals surface area contributed by atoms with E-state index < -0.39 is 21.7 Å². The Hall–Kier alpha value is -3.66. The number of carboxylic acid groups (broad SMARTS) is 1. The minimum absolute atomic E-state index is 0.00816. The van der Waals surface area contributed by atoms with Crippen molar-refractivity contribution in [2.75, 3.05) is 17.7 Å². The van der Waals surface area contributed by atoms with Crippen LogP contribution in [0.3, 0.4) is 0 Å². The second-order valence-corrected chi connectivity index (χ2v) is 11.4. The molecule has 2 N–H and O–H groups in total. The van der Waals surface area contributed by atoms with Crippen molar-refractivity contribution in [3.8, 4) is 17.2 Å². The SMILES string of the molecule is CCS(=O)(=O)c1ncc2c3c(c(-c4ccc(F)c5sc(NC(=O)O)c(C#N)c45)c(C)c2n1)COCC3. The third-order valence-electron chi connectivity index (χ3n) is 6.28. The molecule has 2 aromatic carbocycles. The highest BCUT2D eigenvalue weighted by atomic mass is 32.2. The maximum atomic E-state index is 14.9. The summed E-state index contributed by atoms with van der Waals surface area (Å²) in [6.45, 7) is 4.00. The molecule has 0 saturated carbocycles. The van der Waals surface area contributed by atoms with Crippen LogP contribution in [0, 0.1) is 24.1 Å². The van der Waals surface area contributed by atoms with Crippen molar-refractivity contribution in [2.45, 2.75) is 32.0 Å². The van der Waals surface area contributed by atoms with Crippen LogP contribution in [0.1, 0.15) is 29.2 Å². The molecule has 5 rings (SSSR count). The Morgan fingerprint density at radius 2 is 2.14 bits per heavy atom. The van der Waals surface area contributed by atoms with Gasteiger partial charge >= 0.3 is 6.09 Å². The lowest BCUT2D eigenvalue weighted by Crippen LogP contribution is -2.15. The Kier molecular flexibility index (Phi) is 5.86. The average Bonchev–Trinajstić information content (AvgIpc) is 3.23. The Bertz CT molecular complexity index is 1740. The number of hydrogen-bond donors (Lipinski definition) is 2. The molecule has 0 aliphatic carbocycles. The summed E-state index contributed by atoms with van der Waals surface area (Å²) in [6, 6.07) is 4.83. The lowest BCUT2D eigenvalue weighted by Gasteiger charge is -2.25. The van der Waals surface area contributed by atoms with Crippen LogP contribution in [0.15, 0.2) is 23.5 Å². The first-order chi connectivity index (χ1) is 17.2. The highest BCUT2D eigenvalue weighted by molar-refractivity contribution is 7.91. The lowest BCUT2D eigenvalue weighted by atomic mass is 9.85. The summed E-state index contributed by atoms with van der Waals surface area (Å²) in [5.41, 5.74) is 3.95. The molecule has 36 heavy (non-hydrogen) atoms. The summed E-state index contributed by atoms with van der Waals surface area (Å²) < 4.78 is 45.8. The minimum atomic E-state index is -3.67. The second-order valence-electron chi connectivity index (χ2n) is 8.23. The van der Waals surface area contributed by atoms with E-state index in [1.807, 2.05) is 6.07 Å². The summed E-state index contributed by atoms with van der Waals surface area (Å²) >= 11 is 0.842. The van der Waals surface area contributed by atoms with Gasteiger partial charge in [-0.05, 0) is 47.2 Å². The van der Waals surface area contributed by atoms with E-state index in [9.17, 15) is 28.0 Å². The molecule has 184 valence electrons. The molecule has 3 heterocycles. The highest BCUT2D eigenvalue weighted by Crippen LogP contribution is 2.46. The number of fused-ring (bicyclic) bond motifs is 4. The van der Waals surface area contributed by atoms with Crippen LogP contribution in [-0.2, 0) is 27.6 Å². The van der Waals surface area contributed by atoms with Gasteiger partial charge in [0.25, 0.3) is 0 Å². The van der Waals surface area contributed by atoms with Crippen molar-refractivity contribution >= 4 is 53.3 Å². The van der Waals surface area contributed by atoms with Crippen LogP contribution in [0.4, 0.5) is 14.2 Å². The molecule has 1 aliphatic heterocycles. The number of aromatic nitrogens is 2. The standard InChI is InChI=1S/C24H19FN4O5S2/c1-3-36(32,33)23-27-9-15-12-6-7-34-10-16(12)18(11(2)20(15)28-23)13-4-5-17(25)21-19(13)14(8-26)22(35-21)29-24(30)31/h4-5,9,29H,3,6-7,10H2,1-2H3,(H,30,31). The highest BCUT2D eigenvalue weighted by Gasteiger charge is 2.28. The van der Waals surface area contributed by atoms with Gasteiger partial charge in [-0.15, -0.1) is 11.3 Å². The van der Waals surface area contributed by atoms with Gasteiger partial charge in [0, 0.05) is 17.0 Å². The molecule has 1 aliphatic rings. The van der Waals surface area contributed by atoms with E-state index in [1.165, 1.54) is 19.2 Å². The van der Waals surface area contributed by atoms with E-state index in [4.69, 9.17) is 4.74 Å². The van der Waals surface area contributed by atoms with Gasteiger partial charge in [-0.25, -0.2) is 27.6 Å². The Morgan fingerprint density at radius 1 is 1.36 bits per heavy atom. The molecule has 0 unspecified atom stereocenters. The van der Waals surface area contributed by atoms with Crippen LogP contribution in [-0.4, -0.2) is 41.9 Å². The zero-order chi connectivity index (χ0) is 25.8. The summed E-state index contributed by atoms with van der Waals surface area (Å²) in [7, 11) is -3.67. The van der Waals surface area contributed by atoms with Crippen molar-refractivity contribution in [3.63, 3.8) is 0 Å². The largest absolute Gasteiger partial charge is 0.465 e. The Labute approximate surface area is 209 Å². The molecule has 12 heteroatoms. The molecule has 0 atom stereocenters. The van der Waals surface area contributed by atoms with E-state index in [2.05, 4.69) is 15.3 Å². The number of benzene rings is 2. The van der Waals surface area contributed by atoms with Crippen LogP contribution >= 0.6 is 11.3 Å². The number of hydrogen-bond acceptors (Lipinski definition) is 8. The van der Waals surface area contributed by atoms with Crippen molar-refractivity contribution in [3.05, 3.63) is 46.4 Å². The van der Waals surface area contributed by atoms with Crippen LogP contribution in [0.25, 0.3) is 32.1 Å². The predicted molar refractivity (Wildman–Crippen MR) is 133 cm³/mol. The number of aryl methyl sites for hydroxylation is 1. The second kappa shape index (κ2) is 8.77. The number of nitrogens with zero attached hydrogens (tertiary/aromatic N) is 3.